The van der Waals surface area contributed by atoms with Gasteiger partial charge < -0.3 is 9.73 Å². The number of halogens is 1. The second-order valence-electron chi connectivity index (χ2n) is 5.43. The van der Waals surface area contributed by atoms with Gasteiger partial charge in [0.2, 0.25) is 0 Å². The Morgan fingerprint density at radius 2 is 2.15 bits per heavy atom. The lowest BCUT2D eigenvalue weighted by Crippen LogP contribution is -2.22. The molecule has 4 heteroatoms. The monoisotopic (exact) mass is 276 g/mol. The average molecular weight is 276 g/mol. The molecule has 0 bridgehead atoms. The molecule has 0 saturated heterocycles. The molecule has 0 atom stereocenters. The number of benzene rings is 1. The summed E-state index contributed by atoms with van der Waals surface area (Å²) in [6, 6.07) is 4.67. The third kappa shape index (κ3) is 3.90. The molecule has 0 amide bonds. The van der Waals surface area contributed by atoms with Gasteiger partial charge >= 0.3 is 0 Å². The van der Waals surface area contributed by atoms with Gasteiger partial charge in [-0.1, -0.05) is 13.8 Å². The molecule has 0 unspecified atom stereocenters. The van der Waals surface area contributed by atoms with E-state index in [-0.39, 0.29) is 5.82 Å². The number of oxazole rings is 1. The summed E-state index contributed by atoms with van der Waals surface area (Å²) in [6.45, 7) is 8.05. The van der Waals surface area contributed by atoms with Crippen LogP contribution in [0.3, 0.4) is 0 Å². The molecule has 3 nitrogen and oxygen atoms in total. The Bertz CT molecular complexity index is 563. The van der Waals surface area contributed by atoms with E-state index >= 15 is 0 Å². The lowest BCUT2D eigenvalue weighted by atomic mass is 10.1. The van der Waals surface area contributed by atoms with Crippen molar-refractivity contribution < 1.29 is 8.81 Å². The van der Waals surface area contributed by atoms with Gasteiger partial charge in [0.15, 0.2) is 11.7 Å². The zero-order chi connectivity index (χ0) is 14.5. The number of nitrogens with one attached hydrogen (secondary N) is 1. The van der Waals surface area contributed by atoms with Gasteiger partial charge in [-0.2, -0.15) is 0 Å². The summed E-state index contributed by atoms with van der Waals surface area (Å²) >= 11 is 0. The zero-order valence-corrected chi connectivity index (χ0v) is 12.2. The van der Waals surface area contributed by atoms with Crippen LogP contribution in [0.1, 0.15) is 25.3 Å². The van der Waals surface area contributed by atoms with Crippen LogP contribution >= 0.6 is 0 Å². The minimum atomic E-state index is -0.233. The summed E-state index contributed by atoms with van der Waals surface area (Å²) in [5.74, 6) is 1.81. The van der Waals surface area contributed by atoms with E-state index in [1.165, 1.54) is 12.1 Å². The Hall–Kier alpha value is -1.68. The van der Waals surface area contributed by atoms with Crippen LogP contribution in [0.5, 0.6) is 0 Å². The molecule has 1 aromatic carbocycles. The first-order valence-electron chi connectivity index (χ1n) is 6.98. The molecular weight excluding hydrogens is 255 g/mol. The van der Waals surface area contributed by atoms with E-state index in [0.29, 0.717) is 17.6 Å². The molecule has 0 radical (unpaired) electrons. The number of hydrogen-bond donors (Lipinski definition) is 1. The lowest BCUT2D eigenvalue weighted by molar-refractivity contribution is 0.482. The Morgan fingerprint density at radius 3 is 2.85 bits per heavy atom. The number of aromatic nitrogens is 1. The Balaban J connectivity index is 1.98. The van der Waals surface area contributed by atoms with Crippen molar-refractivity contribution >= 4 is 0 Å². The first-order chi connectivity index (χ1) is 9.56. The molecule has 2 rings (SSSR count). The molecular formula is C16H21FN2O. The van der Waals surface area contributed by atoms with E-state index in [2.05, 4.69) is 24.1 Å². The standard InChI is InChI=1S/C16H21FN2O/c1-11(2)9-18-7-6-16-19-10-15(20-16)14-5-4-13(17)8-12(14)3/h4-5,8,10-11,18H,6-7,9H2,1-3H3. The second-order valence-corrected chi connectivity index (χ2v) is 5.43. The number of nitrogens with zero attached hydrogens (tertiary/aromatic N) is 1. The molecule has 0 aliphatic carbocycles. The van der Waals surface area contributed by atoms with Crippen LogP contribution in [0, 0.1) is 18.7 Å². The van der Waals surface area contributed by atoms with Crippen LogP contribution in [0.15, 0.2) is 28.8 Å². The Labute approximate surface area is 119 Å². The van der Waals surface area contributed by atoms with Gasteiger partial charge in [0.1, 0.15) is 5.82 Å². The molecule has 0 aliphatic rings. The minimum absolute atomic E-state index is 0.233. The highest BCUT2D eigenvalue weighted by atomic mass is 19.1. The molecule has 1 N–H and O–H groups in total. The maximum atomic E-state index is 13.1. The molecule has 0 aliphatic heterocycles. The van der Waals surface area contributed by atoms with E-state index in [1.807, 2.05) is 6.92 Å². The van der Waals surface area contributed by atoms with Crippen molar-refractivity contribution in [3.8, 4) is 11.3 Å². The lowest BCUT2D eigenvalue weighted by Gasteiger charge is -2.05. The van der Waals surface area contributed by atoms with Gasteiger partial charge in [0, 0.05) is 18.5 Å². The SMILES string of the molecule is Cc1cc(F)ccc1-c1cnc(CCNCC(C)C)o1. The molecule has 1 heterocycles. The maximum Gasteiger partial charge on any atom is 0.196 e. The van der Waals surface area contributed by atoms with Crippen LogP contribution in [0.2, 0.25) is 0 Å². The van der Waals surface area contributed by atoms with Crippen LogP contribution in [-0.2, 0) is 6.42 Å². The first-order valence-corrected chi connectivity index (χ1v) is 6.98. The highest BCUT2D eigenvalue weighted by molar-refractivity contribution is 5.60. The summed E-state index contributed by atoms with van der Waals surface area (Å²) in [6.07, 6.45) is 2.46. The van der Waals surface area contributed by atoms with Crippen LogP contribution in [0.25, 0.3) is 11.3 Å². The number of rotatable bonds is 6. The molecule has 1 aromatic heterocycles. The van der Waals surface area contributed by atoms with Gasteiger partial charge in [0.05, 0.1) is 6.20 Å². The Morgan fingerprint density at radius 1 is 1.35 bits per heavy atom. The predicted molar refractivity (Wildman–Crippen MR) is 78.0 cm³/mol. The van der Waals surface area contributed by atoms with Crippen molar-refractivity contribution in [3.63, 3.8) is 0 Å². The molecule has 2 aromatic rings. The average Bonchev–Trinajstić information content (AvgIpc) is 2.83. The predicted octanol–water partition coefficient (Wildman–Crippen LogP) is 3.58. The van der Waals surface area contributed by atoms with E-state index in [1.54, 1.807) is 12.3 Å². The molecule has 20 heavy (non-hydrogen) atoms. The van der Waals surface area contributed by atoms with Crippen molar-refractivity contribution in [2.45, 2.75) is 27.2 Å². The number of aryl methyl sites for hydroxylation is 1. The van der Waals surface area contributed by atoms with E-state index in [4.69, 9.17) is 4.42 Å². The van der Waals surface area contributed by atoms with Crippen LogP contribution < -0.4 is 5.32 Å². The van der Waals surface area contributed by atoms with Crippen molar-refractivity contribution in [2.24, 2.45) is 5.92 Å². The molecule has 0 spiro atoms. The Kier molecular flexibility index (Phi) is 4.90. The fourth-order valence-electron chi connectivity index (χ4n) is 2.04. The summed E-state index contributed by atoms with van der Waals surface area (Å²) in [5.41, 5.74) is 1.74. The summed E-state index contributed by atoms with van der Waals surface area (Å²) in [4.78, 5) is 4.27. The fourth-order valence-corrected chi connectivity index (χ4v) is 2.04. The highest BCUT2D eigenvalue weighted by Crippen LogP contribution is 2.24. The van der Waals surface area contributed by atoms with Crippen molar-refractivity contribution in [1.82, 2.24) is 10.3 Å². The normalized spacial score (nSPS) is 11.2. The maximum absolute atomic E-state index is 13.1. The zero-order valence-electron chi connectivity index (χ0n) is 12.2. The largest absolute Gasteiger partial charge is 0.441 e. The van der Waals surface area contributed by atoms with Gasteiger partial charge in [-0.25, -0.2) is 9.37 Å². The first kappa shape index (κ1) is 14.7. The highest BCUT2D eigenvalue weighted by Gasteiger charge is 2.09. The molecule has 0 saturated carbocycles. The van der Waals surface area contributed by atoms with Gasteiger partial charge in [-0.15, -0.1) is 0 Å². The van der Waals surface area contributed by atoms with E-state index < -0.39 is 0 Å². The van der Waals surface area contributed by atoms with E-state index in [9.17, 15) is 4.39 Å². The molecule has 0 fully saturated rings. The van der Waals surface area contributed by atoms with Crippen LogP contribution in [0.4, 0.5) is 4.39 Å². The molecule has 108 valence electrons. The van der Waals surface area contributed by atoms with Crippen molar-refractivity contribution in [1.29, 1.82) is 0 Å². The summed E-state index contributed by atoms with van der Waals surface area (Å²) < 4.78 is 18.8. The number of hydrogen-bond acceptors (Lipinski definition) is 3. The second kappa shape index (κ2) is 6.66. The van der Waals surface area contributed by atoms with E-state index in [0.717, 1.165) is 30.6 Å². The smallest absolute Gasteiger partial charge is 0.196 e. The third-order valence-corrected chi connectivity index (χ3v) is 3.08. The topological polar surface area (TPSA) is 38.1 Å². The van der Waals surface area contributed by atoms with Crippen molar-refractivity contribution in [2.75, 3.05) is 13.1 Å². The minimum Gasteiger partial charge on any atom is -0.441 e. The van der Waals surface area contributed by atoms with Gasteiger partial charge in [-0.3, -0.25) is 0 Å². The summed E-state index contributed by atoms with van der Waals surface area (Å²) in [5, 5.41) is 3.35. The fraction of sp³-hybridized carbons (Fsp3) is 0.438. The quantitative estimate of drug-likeness (QED) is 0.820. The van der Waals surface area contributed by atoms with Crippen molar-refractivity contribution in [3.05, 3.63) is 41.7 Å². The third-order valence-electron chi connectivity index (χ3n) is 3.08. The summed E-state index contributed by atoms with van der Waals surface area (Å²) in [7, 11) is 0. The van der Waals surface area contributed by atoms with Gasteiger partial charge in [0.25, 0.3) is 0 Å². The van der Waals surface area contributed by atoms with Crippen LogP contribution in [-0.4, -0.2) is 18.1 Å². The van der Waals surface area contributed by atoms with Gasteiger partial charge in [-0.05, 0) is 43.1 Å².